The van der Waals surface area contributed by atoms with Gasteiger partial charge in [-0.15, -0.1) is 0 Å². The van der Waals surface area contributed by atoms with Gasteiger partial charge >= 0.3 is 0 Å². The lowest BCUT2D eigenvalue weighted by Gasteiger charge is -2.15. The van der Waals surface area contributed by atoms with E-state index in [1.165, 1.54) is 6.20 Å². The van der Waals surface area contributed by atoms with Gasteiger partial charge in [0.05, 0.1) is 17.2 Å². The molecule has 0 amide bonds. The zero-order valence-electron chi connectivity index (χ0n) is 7.04. The number of pyridine rings is 1. The van der Waals surface area contributed by atoms with Crippen molar-refractivity contribution in [1.82, 2.24) is 4.98 Å². The third-order valence-corrected chi connectivity index (χ3v) is 2.23. The molecular formula is C8H10Cl2N2O. The van der Waals surface area contributed by atoms with E-state index in [0.717, 1.165) is 0 Å². The van der Waals surface area contributed by atoms with Crippen molar-refractivity contribution >= 4 is 23.2 Å². The Hall–Kier alpha value is -0.350. The molecule has 0 unspecified atom stereocenters. The zero-order chi connectivity index (χ0) is 10.0. The molecule has 72 valence electrons. The minimum absolute atomic E-state index is 0.276. The molecule has 1 aromatic heterocycles. The van der Waals surface area contributed by atoms with Gasteiger partial charge in [0, 0.05) is 11.8 Å². The number of aromatic nitrogens is 1. The number of halogens is 2. The predicted octanol–water partition coefficient (Wildman–Crippen LogP) is 1.77. The minimum atomic E-state index is -0.683. The molecule has 0 aromatic carbocycles. The lowest BCUT2D eigenvalue weighted by atomic mass is 10.1. The van der Waals surface area contributed by atoms with Crippen molar-refractivity contribution in [3.05, 3.63) is 28.0 Å². The number of nitrogens with two attached hydrogens (primary N) is 1. The number of hydrogen-bond donors (Lipinski definition) is 2. The van der Waals surface area contributed by atoms with Crippen LogP contribution in [0.4, 0.5) is 0 Å². The number of hydrogen-bond acceptors (Lipinski definition) is 3. The summed E-state index contributed by atoms with van der Waals surface area (Å²) in [5, 5.41) is 9.97. The lowest BCUT2D eigenvalue weighted by Crippen LogP contribution is -2.23. The Bertz CT molecular complexity index is 304. The average Bonchev–Trinajstić information content (AvgIpc) is 2.08. The Labute approximate surface area is 86.5 Å². The van der Waals surface area contributed by atoms with E-state index in [0.29, 0.717) is 10.6 Å². The van der Waals surface area contributed by atoms with E-state index >= 15 is 0 Å². The zero-order valence-corrected chi connectivity index (χ0v) is 8.55. The summed E-state index contributed by atoms with van der Waals surface area (Å²) < 4.78 is 0. The van der Waals surface area contributed by atoms with Crippen LogP contribution in [0.25, 0.3) is 0 Å². The molecule has 0 aliphatic rings. The van der Waals surface area contributed by atoms with E-state index in [9.17, 15) is 5.11 Å². The van der Waals surface area contributed by atoms with Gasteiger partial charge in [-0.05, 0) is 13.0 Å². The fraction of sp³-hybridized carbons (Fsp3) is 0.375. The molecule has 0 bridgehead atoms. The summed E-state index contributed by atoms with van der Waals surface area (Å²) in [6.07, 6.45) is 0.750. The Morgan fingerprint density at radius 1 is 1.54 bits per heavy atom. The first-order chi connectivity index (χ1) is 6.02. The van der Waals surface area contributed by atoms with Crippen molar-refractivity contribution in [1.29, 1.82) is 0 Å². The first kappa shape index (κ1) is 10.7. The standard InChI is InChI=1S/C8H10Cl2N2O/c1-4(13)7(11)6-2-5(9)3-12-8(6)10/h2-4,7,13H,11H2,1H3/t4-,7+/m1/s1. The number of aliphatic hydroxyl groups is 1. The lowest BCUT2D eigenvalue weighted by molar-refractivity contribution is 0.164. The van der Waals surface area contributed by atoms with E-state index < -0.39 is 12.1 Å². The highest BCUT2D eigenvalue weighted by molar-refractivity contribution is 6.32. The smallest absolute Gasteiger partial charge is 0.133 e. The van der Waals surface area contributed by atoms with Gasteiger partial charge in [-0.25, -0.2) is 4.98 Å². The molecule has 1 aromatic rings. The molecule has 0 fully saturated rings. The van der Waals surface area contributed by atoms with Gasteiger partial charge in [0.2, 0.25) is 0 Å². The first-order valence-electron chi connectivity index (χ1n) is 3.77. The van der Waals surface area contributed by atoms with Crippen LogP contribution in [0, 0.1) is 0 Å². The molecule has 0 aliphatic heterocycles. The maximum absolute atomic E-state index is 9.24. The van der Waals surface area contributed by atoms with Crippen LogP contribution >= 0.6 is 23.2 Å². The van der Waals surface area contributed by atoms with E-state index in [4.69, 9.17) is 28.9 Å². The second kappa shape index (κ2) is 4.24. The second-order valence-electron chi connectivity index (χ2n) is 2.80. The van der Waals surface area contributed by atoms with Crippen molar-refractivity contribution in [2.75, 3.05) is 0 Å². The molecule has 0 radical (unpaired) electrons. The monoisotopic (exact) mass is 220 g/mol. The molecule has 3 N–H and O–H groups in total. The summed E-state index contributed by atoms with van der Waals surface area (Å²) in [5.41, 5.74) is 6.23. The van der Waals surface area contributed by atoms with Gasteiger partial charge in [-0.2, -0.15) is 0 Å². The first-order valence-corrected chi connectivity index (χ1v) is 4.52. The van der Waals surface area contributed by atoms with Gasteiger partial charge in [0.15, 0.2) is 0 Å². The van der Waals surface area contributed by atoms with Gasteiger partial charge in [0.25, 0.3) is 0 Å². The fourth-order valence-corrected chi connectivity index (χ4v) is 1.33. The molecule has 0 spiro atoms. The number of nitrogens with zero attached hydrogens (tertiary/aromatic N) is 1. The molecule has 0 aliphatic carbocycles. The van der Waals surface area contributed by atoms with Gasteiger partial charge in [-0.1, -0.05) is 23.2 Å². The van der Waals surface area contributed by atoms with Gasteiger partial charge in [0.1, 0.15) is 5.15 Å². The summed E-state index contributed by atoms with van der Waals surface area (Å²) >= 11 is 11.5. The van der Waals surface area contributed by atoms with Crippen molar-refractivity contribution in [2.45, 2.75) is 19.1 Å². The van der Waals surface area contributed by atoms with Crippen molar-refractivity contribution in [3.63, 3.8) is 0 Å². The Morgan fingerprint density at radius 3 is 2.69 bits per heavy atom. The largest absolute Gasteiger partial charge is 0.391 e. The van der Waals surface area contributed by atoms with Crippen LogP contribution in [0.5, 0.6) is 0 Å². The van der Waals surface area contributed by atoms with Crippen LogP contribution in [0.15, 0.2) is 12.3 Å². The highest BCUT2D eigenvalue weighted by Gasteiger charge is 2.16. The number of rotatable bonds is 2. The molecule has 13 heavy (non-hydrogen) atoms. The third-order valence-electron chi connectivity index (χ3n) is 1.71. The highest BCUT2D eigenvalue weighted by atomic mass is 35.5. The van der Waals surface area contributed by atoms with Crippen LogP contribution in [-0.2, 0) is 0 Å². The summed E-state index contributed by atoms with van der Waals surface area (Å²) in [5.74, 6) is 0. The topological polar surface area (TPSA) is 59.1 Å². The Balaban J connectivity index is 3.05. The maximum Gasteiger partial charge on any atom is 0.133 e. The molecule has 3 nitrogen and oxygen atoms in total. The summed E-state index contributed by atoms with van der Waals surface area (Å²) in [6, 6.07) is 1.05. The molecule has 1 heterocycles. The Morgan fingerprint density at radius 2 is 2.15 bits per heavy atom. The normalized spacial score (nSPS) is 15.5. The van der Waals surface area contributed by atoms with E-state index in [2.05, 4.69) is 4.98 Å². The average molecular weight is 221 g/mol. The van der Waals surface area contributed by atoms with E-state index in [-0.39, 0.29) is 5.15 Å². The highest BCUT2D eigenvalue weighted by Crippen LogP contribution is 2.24. The molecular weight excluding hydrogens is 211 g/mol. The van der Waals surface area contributed by atoms with Gasteiger partial charge < -0.3 is 10.8 Å². The van der Waals surface area contributed by atoms with Crippen molar-refractivity contribution in [2.24, 2.45) is 5.73 Å². The predicted molar refractivity (Wildman–Crippen MR) is 52.9 cm³/mol. The summed E-state index contributed by atoms with van der Waals surface area (Å²) in [7, 11) is 0. The third kappa shape index (κ3) is 2.54. The molecule has 5 heteroatoms. The number of aliphatic hydroxyl groups excluding tert-OH is 1. The quantitative estimate of drug-likeness (QED) is 0.748. The van der Waals surface area contributed by atoms with E-state index in [1.54, 1.807) is 13.0 Å². The summed E-state index contributed by atoms with van der Waals surface area (Å²) in [4.78, 5) is 3.82. The van der Waals surface area contributed by atoms with Gasteiger partial charge in [-0.3, -0.25) is 0 Å². The molecule has 2 atom stereocenters. The molecule has 1 rings (SSSR count). The van der Waals surface area contributed by atoms with Crippen LogP contribution in [0.2, 0.25) is 10.2 Å². The fourth-order valence-electron chi connectivity index (χ4n) is 0.932. The van der Waals surface area contributed by atoms with Crippen LogP contribution in [-0.4, -0.2) is 16.2 Å². The SMILES string of the molecule is C[C@@H](O)[C@H](N)c1cc(Cl)cnc1Cl. The van der Waals surface area contributed by atoms with Crippen molar-refractivity contribution in [3.8, 4) is 0 Å². The van der Waals surface area contributed by atoms with Crippen molar-refractivity contribution < 1.29 is 5.11 Å². The molecule has 0 saturated carbocycles. The van der Waals surface area contributed by atoms with E-state index in [1.807, 2.05) is 0 Å². The maximum atomic E-state index is 9.24. The second-order valence-corrected chi connectivity index (χ2v) is 3.59. The Kier molecular flexibility index (Phi) is 3.50. The van der Waals surface area contributed by atoms with Crippen LogP contribution in [0.3, 0.4) is 0 Å². The van der Waals surface area contributed by atoms with Crippen LogP contribution in [0.1, 0.15) is 18.5 Å². The summed E-state index contributed by atoms with van der Waals surface area (Å²) in [6.45, 7) is 1.59. The minimum Gasteiger partial charge on any atom is -0.391 e. The van der Waals surface area contributed by atoms with Crippen LogP contribution < -0.4 is 5.73 Å². The molecule has 0 saturated heterocycles.